The highest BCUT2D eigenvalue weighted by Crippen LogP contribution is 2.37. The molecular weight excluding hydrogens is 486 g/mol. The van der Waals surface area contributed by atoms with Crippen LogP contribution in [0.1, 0.15) is 94.4 Å². The molecule has 1 aromatic heterocycles. The van der Waals surface area contributed by atoms with Crippen molar-refractivity contribution in [3.05, 3.63) is 47.5 Å². The molecule has 9 heteroatoms. The summed E-state index contributed by atoms with van der Waals surface area (Å²) in [6, 6.07) is 10.8. The maximum absolute atomic E-state index is 13.7. The number of carbonyl (C=O) groups excluding carboxylic acids is 1. The normalized spacial score (nSPS) is 24.9. The van der Waals surface area contributed by atoms with E-state index in [1.807, 2.05) is 25.1 Å². The van der Waals surface area contributed by atoms with E-state index in [4.69, 9.17) is 0 Å². The van der Waals surface area contributed by atoms with Gasteiger partial charge < -0.3 is 10.3 Å². The largest absolute Gasteiger partial charge is 0.349 e. The van der Waals surface area contributed by atoms with Gasteiger partial charge in [-0.1, -0.05) is 50.6 Å². The molecule has 0 spiro atoms. The molecule has 1 aromatic carbocycles. The molecule has 3 atom stereocenters. The molecule has 2 aliphatic heterocycles. The van der Waals surface area contributed by atoms with Crippen molar-refractivity contribution in [3.63, 3.8) is 0 Å². The average Bonchev–Trinajstić information content (AvgIpc) is 3.28. The number of hydrogen-bond donors (Lipinski definition) is 1. The predicted molar refractivity (Wildman–Crippen MR) is 144 cm³/mol. The molecule has 1 N–H and O–H groups in total. The minimum Gasteiger partial charge on any atom is -0.349 e. The molecule has 3 aliphatic rings. The number of hydrogen-bond acceptors (Lipinski definition) is 5. The number of rotatable bonds is 8. The Balaban J connectivity index is 1.26. The fourth-order valence-electron chi connectivity index (χ4n) is 6.66. The van der Waals surface area contributed by atoms with E-state index in [0.717, 1.165) is 56.1 Å². The first-order chi connectivity index (χ1) is 18.2. The number of nitrogens with one attached hydrogen (secondary N) is 1. The van der Waals surface area contributed by atoms with Crippen molar-refractivity contribution in [3.8, 4) is 0 Å². The van der Waals surface area contributed by atoms with Gasteiger partial charge in [-0.05, 0) is 44.6 Å². The first-order valence-electron chi connectivity index (χ1n) is 14.4. The highest BCUT2D eigenvalue weighted by Gasteiger charge is 2.40. The minimum atomic E-state index is -2.63. The zero-order valence-corrected chi connectivity index (χ0v) is 23.0. The Morgan fingerprint density at radius 3 is 2.34 bits per heavy atom. The molecule has 0 radical (unpaired) electrons. The number of benzene rings is 1. The average molecular weight is 529 g/mol. The summed E-state index contributed by atoms with van der Waals surface area (Å²) >= 11 is 0. The summed E-state index contributed by atoms with van der Waals surface area (Å²) in [7, 11) is 0. The lowest BCUT2D eigenvalue weighted by molar-refractivity contribution is -0.130. The molecule has 2 saturated heterocycles. The second-order valence-corrected chi connectivity index (χ2v) is 11.8. The maximum atomic E-state index is 13.7. The van der Waals surface area contributed by atoms with Crippen LogP contribution in [0, 0.1) is 12.8 Å². The third kappa shape index (κ3) is 5.87. The Labute approximate surface area is 224 Å². The molecule has 1 amide bonds. The lowest BCUT2D eigenvalue weighted by atomic mass is 9.86. The Kier molecular flexibility index (Phi) is 8.03. The van der Waals surface area contributed by atoms with E-state index in [9.17, 15) is 13.6 Å². The van der Waals surface area contributed by atoms with Crippen LogP contribution >= 0.6 is 0 Å². The highest BCUT2D eigenvalue weighted by atomic mass is 19.3. The summed E-state index contributed by atoms with van der Waals surface area (Å²) in [5, 5.41) is 14.5. The number of piperazine rings is 1. The van der Waals surface area contributed by atoms with Crippen LogP contribution in [0.15, 0.2) is 30.3 Å². The lowest BCUT2D eigenvalue weighted by Gasteiger charge is -2.51. The van der Waals surface area contributed by atoms with E-state index in [1.54, 1.807) is 0 Å². The highest BCUT2D eigenvalue weighted by molar-refractivity contribution is 5.79. The van der Waals surface area contributed by atoms with E-state index in [-0.39, 0.29) is 43.6 Å². The van der Waals surface area contributed by atoms with E-state index in [2.05, 4.69) is 56.1 Å². The Morgan fingerprint density at radius 1 is 1.05 bits per heavy atom. The SMILES string of the molecule is Cc1nnc(C(C)C)n1N1CC2CCCC(C1)N2CC[C@H](NC(=O)C1CCC(F)(F)CC1)c1ccccc1. The third-order valence-corrected chi connectivity index (χ3v) is 8.76. The van der Waals surface area contributed by atoms with Crippen LogP contribution in [0.2, 0.25) is 0 Å². The van der Waals surface area contributed by atoms with Gasteiger partial charge in [-0.2, -0.15) is 0 Å². The Hall–Kier alpha value is -2.55. The van der Waals surface area contributed by atoms with E-state index >= 15 is 0 Å². The van der Waals surface area contributed by atoms with Crippen molar-refractivity contribution in [1.82, 2.24) is 25.1 Å². The molecule has 2 aromatic rings. The van der Waals surface area contributed by atoms with Crippen LogP contribution in [0.4, 0.5) is 8.78 Å². The van der Waals surface area contributed by atoms with Crippen LogP contribution in [0.5, 0.6) is 0 Å². The van der Waals surface area contributed by atoms with Gasteiger partial charge in [0, 0.05) is 43.3 Å². The summed E-state index contributed by atoms with van der Waals surface area (Å²) in [5.74, 6) is -0.778. The van der Waals surface area contributed by atoms with Gasteiger partial charge in [0.15, 0.2) is 5.82 Å². The lowest BCUT2D eigenvalue weighted by Crippen LogP contribution is -2.64. The topological polar surface area (TPSA) is 66.3 Å². The number of aryl methyl sites for hydroxylation is 1. The molecule has 5 rings (SSSR count). The summed E-state index contributed by atoms with van der Waals surface area (Å²) in [5.41, 5.74) is 1.08. The van der Waals surface area contributed by atoms with Crippen LogP contribution < -0.4 is 10.3 Å². The van der Waals surface area contributed by atoms with Gasteiger partial charge in [-0.3, -0.25) is 9.69 Å². The molecule has 208 valence electrons. The smallest absolute Gasteiger partial charge is 0.248 e. The van der Waals surface area contributed by atoms with Gasteiger partial charge in [-0.25, -0.2) is 13.5 Å². The number of fused-ring (bicyclic) bond motifs is 2. The number of carbonyl (C=O) groups is 1. The second kappa shape index (κ2) is 11.3. The summed E-state index contributed by atoms with van der Waals surface area (Å²) in [4.78, 5) is 15.8. The zero-order chi connectivity index (χ0) is 26.9. The minimum absolute atomic E-state index is 0.0799. The number of nitrogens with zero attached hydrogens (tertiary/aromatic N) is 5. The predicted octanol–water partition coefficient (Wildman–Crippen LogP) is 4.96. The molecule has 7 nitrogen and oxygen atoms in total. The van der Waals surface area contributed by atoms with Gasteiger partial charge in [0.1, 0.15) is 5.82 Å². The van der Waals surface area contributed by atoms with Crippen LogP contribution in [-0.4, -0.2) is 63.3 Å². The molecule has 3 heterocycles. The first-order valence-corrected chi connectivity index (χ1v) is 14.4. The second-order valence-electron chi connectivity index (χ2n) is 11.8. The van der Waals surface area contributed by atoms with Crippen molar-refractivity contribution in [1.29, 1.82) is 0 Å². The quantitative estimate of drug-likeness (QED) is 0.525. The summed E-state index contributed by atoms with van der Waals surface area (Å²) in [6.45, 7) is 9.12. The zero-order valence-electron chi connectivity index (χ0n) is 23.0. The van der Waals surface area contributed by atoms with E-state index < -0.39 is 5.92 Å². The van der Waals surface area contributed by atoms with Crippen molar-refractivity contribution < 1.29 is 13.6 Å². The Morgan fingerprint density at radius 2 is 1.71 bits per heavy atom. The molecular formula is C29H42F2N6O. The molecule has 2 unspecified atom stereocenters. The number of amides is 1. The molecule has 1 aliphatic carbocycles. The summed E-state index contributed by atoms with van der Waals surface area (Å²) < 4.78 is 29.5. The van der Waals surface area contributed by atoms with Gasteiger partial charge in [-0.15, -0.1) is 10.2 Å². The number of alkyl halides is 2. The Bertz CT molecular complexity index is 1070. The van der Waals surface area contributed by atoms with Crippen molar-refractivity contribution >= 4 is 5.91 Å². The van der Waals surface area contributed by atoms with Gasteiger partial charge >= 0.3 is 0 Å². The monoisotopic (exact) mass is 528 g/mol. The van der Waals surface area contributed by atoms with Crippen LogP contribution in [0.25, 0.3) is 0 Å². The number of aromatic nitrogens is 3. The molecule has 1 saturated carbocycles. The van der Waals surface area contributed by atoms with Crippen molar-refractivity contribution in [2.75, 3.05) is 24.6 Å². The molecule has 2 bridgehead atoms. The van der Waals surface area contributed by atoms with E-state index in [0.29, 0.717) is 18.0 Å². The fraction of sp³-hybridized carbons (Fsp3) is 0.690. The van der Waals surface area contributed by atoms with Crippen LogP contribution in [-0.2, 0) is 4.79 Å². The first kappa shape index (κ1) is 27.0. The molecule has 38 heavy (non-hydrogen) atoms. The van der Waals surface area contributed by atoms with E-state index in [1.165, 1.54) is 6.42 Å². The molecule has 3 fully saturated rings. The number of piperidine rings is 1. The van der Waals surface area contributed by atoms with Gasteiger partial charge in [0.25, 0.3) is 0 Å². The van der Waals surface area contributed by atoms with Crippen molar-refractivity contribution in [2.24, 2.45) is 5.92 Å². The third-order valence-electron chi connectivity index (χ3n) is 8.76. The van der Waals surface area contributed by atoms with Crippen LogP contribution in [0.3, 0.4) is 0 Å². The number of halogens is 2. The van der Waals surface area contributed by atoms with Crippen molar-refractivity contribution in [2.45, 2.75) is 102 Å². The summed E-state index contributed by atoms with van der Waals surface area (Å²) in [6.07, 6.45) is 4.48. The standard InChI is InChI=1S/C29H42F2N6O/c1-20(2)27-34-33-21(3)37(27)35-18-24-10-7-11-25(19-35)36(24)17-14-26(22-8-5-4-6-9-22)32-28(38)23-12-15-29(30,31)16-13-23/h4-6,8-9,20,23-26H,7,10-19H2,1-3H3,(H,32,38)/t24?,25?,26-/m0/s1. The fourth-order valence-corrected chi connectivity index (χ4v) is 6.66. The maximum Gasteiger partial charge on any atom is 0.248 e. The van der Waals surface area contributed by atoms with Gasteiger partial charge in [0.2, 0.25) is 11.8 Å². The van der Waals surface area contributed by atoms with Gasteiger partial charge in [0.05, 0.1) is 19.1 Å².